The Hall–Kier alpha value is -9.13. The fourth-order valence-corrected chi connectivity index (χ4v) is 10.7. The van der Waals surface area contributed by atoms with E-state index in [0.29, 0.717) is 17.5 Å². The Bertz CT molecular complexity index is 4590. The molecular weight excluding hydrogens is 821 g/mol. The lowest BCUT2D eigenvalue weighted by Gasteiger charge is -2.13. The zero-order valence-corrected chi connectivity index (χ0v) is 35.7. The highest BCUT2D eigenvalue weighted by molar-refractivity contribution is 6.25. The van der Waals surface area contributed by atoms with Crippen molar-refractivity contribution in [2.45, 2.75) is 0 Å². The number of benzene rings is 11. The third kappa shape index (κ3) is 5.35. The highest BCUT2D eigenvalue weighted by Crippen LogP contribution is 2.44. The number of hydrogen-bond donors (Lipinski definition) is 0. The minimum atomic E-state index is 0.522. The molecule has 0 fully saturated rings. The summed E-state index contributed by atoms with van der Waals surface area (Å²) in [5, 5.41) is 15.8. The topological polar surface area (TPSA) is 69.9 Å². The summed E-state index contributed by atoms with van der Waals surface area (Å²) in [5.74, 6) is 1.65. The fraction of sp³-hybridized carbons (Fsp3) is 0. The smallest absolute Gasteiger partial charge is 0.167 e. The van der Waals surface area contributed by atoms with Crippen LogP contribution < -0.4 is 0 Å². The fourth-order valence-electron chi connectivity index (χ4n) is 10.7. The van der Waals surface area contributed by atoms with Gasteiger partial charge in [-0.1, -0.05) is 146 Å². The predicted molar refractivity (Wildman–Crippen MR) is 275 cm³/mol. The zero-order valence-electron chi connectivity index (χ0n) is 35.7. The highest BCUT2D eigenvalue weighted by Gasteiger charge is 2.24. The van der Waals surface area contributed by atoms with Gasteiger partial charge >= 0.3 is 0 Å². The first-order valence-corrected chi connectivity index (χ1v) is 22.6. The van der Waals surface area contributed by atoms with E-state index in [2.05, 4.69) is 168 Å². The Labute approximate surface area is 381 Å². The van der Waals surface area contributed by atoms with Crippen LogP contribution in [0.5, 0.6) is 0 Å². The van der Waals surface area contributed by atoms with Gasteiger partial charge in [0.05, 0.1) is 16.6 Å². The maximum Gasteiger partial charge on any atom is 0.167 e. The molecule has 0 radical (unpaired) electrons. The van der Waals surface area contributed by atoms with Crippen LogP contribution in [0.4, 0.5) is 0 Å². The summed E-state index contributed by atoms with van der Waals surface area (Å²) >= 11 is 0. The van der Waals surface area contributed by atoms with Gasteiger partial charge in [0.25, 0.3) is 0 Å². The SMILES string of the molecule is c1ccc2cc(-c3nc(-c4cc5ccc(-n6c7cc8ccccc8cc7c7c8ccccc8ccc76)cc5c5c4oc4ccccc45)nc(-c4cccc5oc6ccccc6c45)n3)ccc2c1. The average Bonchev–Trinajstić information content (AvgIpc) is 4.07. The van der Waals surface area contributed by atoms with Crippen LogP contribution in [0, 0.1) is 0 Å². The predicted octanol–water partition coefficient (Wildman–Crippen LogP) is 16.4. The maximum absolute atomic E-state index is 6.96. The molecule has 0 aliphatic carbocycles. The van der Waals surface area contributed by atoms with Crippen molar-refractivity contribution in [3.8, 4) is 39.9 Å². The molecular formula is C61H34N4O2. The lowest BCUT2D eigenvalue weighted by atomic mass is 9.99. The lowest BCUT2D eigenvalue weighted by Crippen LogP contribution is -2.01. The number of fused-ring (bicyclic) bond motifs is 15. The number of nitrogens with zero attached hydrogens (tertiary/aromatic N) is 4. The molecule has 0 aliphatic rings. The molecule has 0 aliphatic heterocycles. The minimum absolute atomic E-state index is 0.522. The molecule has 4 heterocycles. The van der Waals surface area contributed by atoms with Crippen molar-refractivity contribution in [1.29, 1.82) is 0 Å². The molecule has 0 atom stereocenters. The standard InChI is InChI=1S/C61H34N4O2/c1-2-14-37-30-41(25-24-35(37)12-1)59-62-60(46-20-11-23-54-56(46)44-18-7-9-21-52(44)66-54)64-61(63-59)49-32-40-26-28-42(34-47(40)57-45-19-8-10-22-53(45)67-58(49)57)65-50-29-27-36-13-5-6-17-43(36)55(50)48-31-38-15-3-4-16-39(38)33-51(48)65/h1-34H. The molecule has 11 aromatic carbocycles. The van der Waals surface area contributed by atoms with Crippen molar-refractivity contribution < 1.29 is 8.83 Å². The van der Waals surface area contributed by atoms with Crippen LogP contribution in [0.15, 0.2) is 215 Å². The van der Waals surface area contributed by atoms with E-state index in [4.69, 9.17) is 23.8 Å². The summed E-state index contributed by atoms with van der Waals surface area (Å²) in [6.07, 6.45) is 0. The number of para-hydroxylation sites is 2. The van der Waals surface area contributed by atoms with E-state index in [1.807, 2.05) is 42.5 Å². The van der Waals surface area contributed by atoms with E-state index in [9.17, 15) is 0 Å². The first kappa shape index (κ1) is 36.2. The number of hydrogen-bond acceptors (Lipinski definition) is 5. The first-order valence-electron chi connectivity index (χ1n) is 22.6. The largest absolute Gasteiger partial charge is 0.456 e. The van der Waals surface area contributed by atoms with Gasteiger partial charge in [0, 0.05) is 49.1 Å². The van der Waals surface area contributed by atoms with E-state index in [-0.39, 0.29) is 0 Å². The number of furan rings is 2. The van der Waals surface area contributed by atoms with Crippen molar-refractivity contribution in [1.82, 2.24) is 19.5 Å². The summed E-state index contributed by atoms with van der Waals surface area (Å²) in [6, 6.07) is 72.8. The van der Waals surface area contributed by atoms with Gasteiger partial charge < -0.3 is 13.4 Å². The molecule has 0 spiro atoms. The van der Waals surface area contributed by atoms with Gasteiger partial charge in [0.15, 0.2) is 17.5 Å². The molecule has 0 saturated heterocycles. The second kappa shape index (κ2) is 13.7. The van der Waals surface area contributed by atoms with Gasteiger partial charge in [-0.15, -0.1) is 0 Å². The summed E-state index contributed by atoms with van der Waals surface area (Å²) in [6.45, 7) is 0. The first-order chi connectivity index (χ1) is 33.2. The molecule has 0 unspecified atom stereocenters. The Balaban J connectivity index is 1.01. The molecule has 0 bridgehead atoms. The summed E-state index contributed by atoms with van der Waals surface area (Å²) in [5.41, 5.74) is 9.05. The quantitative estimate of drug-likeness (QED) is 0.176. The molecule has 0 saturated carbocycles. The van der Waals surface area contributed by atoms with Gasteiger partial charge in [-0.3, -0.25) is 0 Å². The van der Waals surface area contributed by atoms with Crippen LogP contribution in [0.1, 0.15) is 0 Å². The molecule has 0 amide bonds. The second-order valence-electron chi connectivity index (χ2n) is 17.5. The minimum Gasteiger partial charge on any atom is -0.456 e. The van der Waals surface area contributed by atoms with Gasteiger partial charge in [0.2, 0.25) is 0 Å². The number of aromatic nitrogens is 4. The normalized spacial score (nSPS) is 12.2. The van der Waals surface area contributed by atoms with E-state index in [0.717, 1.165) is 98.8 Å². The molecule has 67 heavy (non-hydrogen) atoms. The van der Waals surface area contributed by atoms with E-state index >= 15 is 0 Å². The maximum atomic E-state index is 6.96. The van der Waals surface area contributed by atoms with Crippen LogP contribution >= 0.6 is 0 Å². The van der Waals surface area contributed by atoms with Crippen molar-refractivity contribution in [2.24, 2.45) is 0 Å². The van der Waals surface area contributed by atoms with Gasteiger partial charge in [-0.2, -0.15) is 0 Å². The molecule has 310 valence electrons. The monoisotopic (exact) mass is 854 g/mol. The van der Waals surface area contributed by atoms with Crippen LogP contribution in [0.2, 0.25) is 0 Å². The van der Waals surface area contributed by atoms with Crippen LogP contribution in [0.3, 0.4) is 0 Å². The van der Waals surface area contributed by atoms with Crippen molar-refractivity contribution in [2.75, 3.05) is 0 Å². The van der Waals surface area contributed by atoms with Crippen molar-refractivity contribution in [3.63, 3.8) is 0 Å². The third-order valence-corrected chi connectivity index (χ3v) is 13.8. The molecule has 4 aromatic heterocycles. The number of rotatable bonds is 4. The van der Waals surface area contributed by atoms with Gasteiger partial charge in [-0.25, -0.2) is 15.0 Å². The average molecular weight is 855 g/mol. The Kier molecular flexibility index (Phi) is 7.40. The van der Waals surface area contributed by atoms with Crippen LogP contribution in [-0.2, 0) is 0 Å². The van der Waals surface area contributed by atoms with Crippen LogP contribution in [-0.4, -0.2) is 19.5 Å². The van der Waals surface area contributed by atoms with Gasteiger partial charge in [-0.05, 0) is 104 Å². The van der Waals surface area contributed by atoms with E-state index in [1.165, 1.54) is 32.3 Å². The van der Waals surface area contributed by atoms with Crippen molar-refractivity contribution in [3.05, 3.63) is 206 Å². The second-order valence-corrected chi connectivity index (χ2v) is 17.5. The Morgan fingerprint density at radius 3 is 1.75 bits per heavy atom. The lowest BCUT2D eigenvalue weighted by molar-refractivity contribution is 0.668. The zero-order chi connectivity index (χ0) is 43.7. The molecule has 0 N–H and O–H groups in total. The molecule has 6 heteroatoms. The summed E-state index contributed by atoms with van der Waals surface area (Å²) < 4.78 is 15.8. The summed E-state index contributed by atoms with van der Waals surface area (Å²) in [4.78, 5) is 16.0. The van der Waals surface area contributed by atoms with E-state index < -0.39 is 0 Å². The Morgan fingerprint density at radius 2 is 0.925 bits per heavy atom. The van der Waals surface area contributed by atoms with Gasteiger partial charge in [0.1, 0.15) is 22.3 Å². The third-order valence-electron chi connectivity index (χ3n) is 13.8. The van der Waals surface area contributed by atoms with E-state index in [1.54, 1.807) is 0 Å². The molecule has 15 rings (SSSR count). The van der Waals surface area contributed by atoms with Crippen LogP contribution in [0.25, 0.3) is 149 Å². The molecule has 15 aromatic rings. The van der Waals surface area contributed by atoms with Crippen molar-refractivity contribution >= 4 is 109 Å². The molecule has 6 nitrogen and oxygen atoms in total. The Morgan fingerprint density at radius 1 is 0.313 bits per heavy atom. The summed E-state index contributed by atoms with van der Waals surface area (Å²) in [7, 11) is 0. The highest BCUT2D eigenvalue weighted by atomic mass is 16.3.